The summed E-state index contributed by atoms with van der Waals surface area (Å²) in [6, 6.07) is 7.82. The van der Waals surface area contributed by atoms with Gasteiger partial charge in [0.1, 0.15) is 7.82 Å². The fraction of sp³-hybridized carbons (Fsp3) is 0.0714. The normalized spacial score (nSPS) is 10.3. The third-order valence-corrected chi connectivity index (χ3v) is 3.43. The van der Waals surface area contributed by atoms with Crippen molar-refractivity contribution in [3.05, 3.63) is 63.2 Å². The van der Waals surface area contributed by atoms with E-state index in [9.17, 15) is 34.4 Å². The standard InChI is InChI=1S/C14H12NO8P.2Na/c1-8-2-4-9(5-3-8)13(17)10-6-11(15(18)19)14(12(16)7-10)23-24(20,21)22;;/h2-7,16H,1H3,(H2,20,21,22);;/q;2*+1/p-2. The van der Waals surface area contributed by atoms with Crippen LogP contribution in [0.25, 0.3) is 0 Å². The summed E-state index contributed by atoms with van der Waals surface area (Å²) < 4.78 is 14.6. The Labute approximate surface area is 192 Å². The molecule has 1 N–H and O–H groups in total. The molecule has 0 aliphatic rings. The molecule has 2 aromatic rings. The Morgan fingerprint density at radius 2 is 1.65 bits per heavy atom. The summed E-state index contributed by atoms with van der Waals surface area (Å²) >= 11 is 0. The van der Waals surface area contributed by atoms with E-state index in [1.165, 1.54) is 12.1 Å². The van der Waals surface area contributed by atoms with E-state index in [0.717, 1.165) is 17.7 Å². The van der Waals surface area contributed by atoms with Crippen molar-refractivity contribution >= 4 is 19.3 Å². The van der Waals surface area contributed by atoms with Crippen molar-refractivity contribution < 1.29 is 92.8 Å². The molecule has 9 nitrogen and oxygen atoms in total. The summed E-state index contributed by atoms with van der Waals surface area (Å²) in [6.07, 6.45) is 0. The van der Waals surface area contributed by atoms with Crippen LogP contribution in [0.4, 0.5) is 5.69 Å². The number of aryl methyl sites for hydroxylation is 1. The number of nitro groups is 1. The van der Waals surface area contributed by atoms with Crippen LogP contribution in [0, 0.1) is 17.0 Å². The van der Waals surface area contributed by atoms with Gasteiger partial charge in [-0.15, -0.1) is 0 Å². The van der Waals surface area contributed by atoms with Gasteiger partial charge < -0.3 is 24.0 Å². The van der Waals surface area contributed by atoms with Gasteiger partial charge in [-0.05, 0) is 13.0 Å². The number of phosphoric acid groups is 1. The predicted molar refractivity (Wildman–Crippen MR) is 77.6 cm³/mol. The second-order valence-corrected chi connectivity index (χ2v) is 5.91. The molecule has 0 saturated carbocycles. The van der Waals surface area contributed by atoms with Crippen LogP contribution in [-0.2, 0) is 4.57 Å². The quantitative estimate of drug-likeness (QED) is 0.173. The first-order chi connectivity index (χ1) is 11.1. The zero-order valence-electron chi connectivity index (χ0n) is 14.2. The van der Waals surface area contributed by atoms with Crippen LogP contribution in [0.15, 0.2) is 36.4 Å². The minimum atomic E-state index is -5.63. The summed E-state index contributed by atoms with van der Waals surface area (Å²) in [4.78, 5) is 43.6. The number of aromatic hydroxyl groups is 1. The molecule has 0 atom stereocenters. The maximum Gasteiger partial charge on any atom is 1.00 e. The maximum absolute atomic E-state index is 12.3. The Kier molecular flexibility index (Phi) is 9.70. The monoisotopic (exact) mass is 397 g/mol. The van der Waals surface area contributed by atoms with Gasteiger partial charge in [0.05, 0.1) is 4.92 Å². The Hall–Kier alpha value is -0.740. The smallest absolute Gasteiger partial charge is 0.780 e. The number of carbonyl (C=O) groups is 1. The van der Waals surface area contributed by atoms with Crippen molar-refractivity contribution in [1.82, 2.24) is 0 Å². The van der Waals surface area contributed by atoms with E-state index >= 15 is 0 Å². The van der Waals surface area contributed by atoms with Crippen LogP contribution in [0.3, 0.4) is 0 Å². The number of ketones is 1. The van der Waals surface area contributed by atoms with Crippen LogP contribution >= 0.6 is 7.82 Å². The Balaban J connectivity index is 0.00000312. The molecular weight excluding hydrogens is 387 g/mol. The SMILES string of the molecule is Cc1ccc(C(=O)c2cc(O)c(OP(=O)([O-])[O-])c([N+](=O)[O-])c2)cc1.[Na+].[Na+]. The van der Waals surface area contributed by atoms with E-state index in [1.54, 1.807) is 19.1 Å². The maximum atomic E-state index is 12.3. The van der Waals surface area contributed by atoms with Gasteiger partial charge in [0, 0.05) is 17.2 Å². The number of phosphoric ester groups is 1. The van der Waals surface area contributed by atoms with Crippen LogP contribution in [0.5, 0.6) is 11.5 Å². The molecule has 2 rings (SSSR count). The number of hydrogen-bond donors (Lipinski definition) is 1. The molecule has 26 heavy (non-hydrogen) atoms. The zero-order valence-corrected chi connectivity index (χ0v) is 19.1. The first-order valence-electron chi connectivity index (χ1n) is 6.43. The summed E-state index contributed by atoms with van der Waals surface area (Å²) in [7, 11) is -5.63. The van der Waals surface area contributed by atoms with Gasteiger partial charge in [-0.3, -0.25) is 14.9 Å². The number of phenols is 1. The van der Waals surface area contributed by atoms with Gasteiger partial charge in [-0.25, -0.2) is 0 Å². The van der Waals surface area contributed by atoms with Crippen LogP contribution in [0.1, 0.15) is 21.5 Å². The van der Waals surface area contributed by atoms with Crippen molar-refractivity contribution in [2.75, 3.05) is 0 Å². The number of phenolic OH excluding ortho intramolecular Hbond substituents is 1. The Morgan fingerprint density at radius 3 is 2.12 bits per heavy atom. The number of rotatable bonds is 5. The number of nitrogens with zero attached hydrogens (tertiary/aromatic N) is 1. The van der Waals surface area contributed by atoms with Crippen molar-refractivity contribution in [3.8, 4) is 11.5 Å². The molecule has 0 saturated heterocycles. The molecular formula is C14H10NNa2O8P. The van der Waals surface area contributed by atoms with Crippen LogP contribution in [-0.4, -0.2) is 15.8 Å². The summed E-state index contributed by atoms with van der Waals surface area (Å²) in [5, 5.41) is 20.8. The van der Waals surface area contributed by atoms with E-state index in [0.29, 0.717) is 0 Å². The first-order valence-corrected chi connectivity index (χ1v) is 7.89. The van der Waals surface area contributed by atoms with Gasteiger partial charge in [-0.1, -0.05) is 29.8 Å². The minimum absolute atomic E-state index is 0. The van der Waals surface area contributed by atoms with Crippen LogP contribution < -0.4 is 73.4 Å². The van der Waals surface area contributed by atoms with Gasteiger partial charge >= 0.3 is 64.8 Å². The predicted octanol–water partition coefficient (Wildman–Crippen LogP) is -4.94. The molecule has 0 aliphatic heterocycles. The second kappa shape index (κ2) is 9.98. The average molecular weight is 397 g/mol. The molecule has 0 heterocycles. The molecule has 12 heteroatoms. The van der Waals surface area contributed by atoms with E-state index in [4.69, 9.17) is 0 Å². The van der Waals surface area contributed by atoms with Gasteiger partial charge in [0.15, 0.2) is 11.5 Å². The molecule has 0 aromatic heterocycles. The summed E-state index contributed by atoms with van der Waals surface area (Å²) in [5.41, 5.74) is -0.175. The Bertz CT molecular complexity index is 866. The molecule has 126 valence electrons. The molecule has 0 aliphatic carbocycles. The van der Waals surface area contributed by atoms with Gasteiger partial charge in [0.25, 0.3) is 0 Å². The third kappa shape index (κ3) is 6.45. The molecule has 0 unspecified atom stereocenters. The van der Waals surface area contributed by atoms with Crippen LogP contribution in [0.2, 0.25) is 0 Å². The molecule has 0 amide bonds. The number of carbonyl (C=O) groups excluding carboxylic acids is 1. The summed E-state index contributed by atoms with van der Waals surface area (Å²) in [6.45, 7) is 1.81. The summed E-state index contributed by atoms with van der Waals surface area (Å²) in [5.74, 6) is -2.77. The van der Waals surface area contributed by atoms with E-state index < -0.39 is 35.7 Å². The van der Waals surface area contributed by atoms with Gasteiger partial charge in [0.2, 0.25) is 5.75 Å². The number of benzene rings is 2. The molecule has 2 aromatic carbocycles. The molecule has 0 fully saturated rings. The van der Waals surface area contributed by atoms with Crippen molar-refractivity contribution in [2.24, 2.45) is 0 Å². The fourth-order valence-corrected chi connectivity index (χ4v) is 2.35. The van der Waals surface area contributed by atoms with Crippen molar-refractivity contribution in [2.45, 2.75) is 6.92 Å². The third-order valence-electron chi connectivity index (χ3n) is 3.03. The first kappa shape index (κ1) is 25.3. The van der Waals surface area contributed by atoms with E-state index in [2.05, 4.69) is 4.52 Å². The van der Waals surface area contributed by atoms with Gasteiger partial charge in [-0.2, -0.15) is 0 Å². The molecule has 0 radical (unpaired) electrons. The van der Waals surface area contributed by atoms with Crippen molar-refractivity contribution in [1.29, 1.82) is 0 Å². The average Bonchev–Trinajstić information content (AvgIpc) is 2.47. The number of hydrogen-bond acceptors (Lipinski definition) is 8. The van der Waals surface area contributed by atoms with Crippen molar-refractivity contribution in [3.63, 3.8) is 0 Å². The molecule has 0 spiro atoms. The number of nitro benzene ring substituents is 1. The second-order valence-electron chi connectivity index (χ2n) is 4.83. The molecule has 0 bridgehead atoms. The zero-order chi connectivity index (χ0) is 18.1. The minimum Gasteiger partial charge on any atom is -0.780 e. The van der Waals surface area contributed by atoms with E-state index in [-0.39, 0.29) is 70.2 Å². The Morgan fingerprint density at radius 1 is 1.12 bits per heavy atom. The largest absolute Gasteiger partial charge is 1.00 e. The van der Waals surface area contributed by atoms with E-state index in [1.807, 2.05) is 0 Å². The fourth-order valence-electron chi connectivity index (χ4n) is 1.94. The topological polar surface area (TPSA) is 153 Å².